The van der Waals surface area contributed by atoms with Crippen LogP contribution in [0.25, 0.3) is 0 Å². The molecule has 4 nitrogen and oxygen atoms in total. The van der Waals surface area contributed by atoms with E-state index in [4.69, 9.17) is 11.6 Å². The number of amides is 1. The molecule has 0 radical (unpaired) electrons. The Labute approximate surface area is 159 Å². The number of nitrogens with one attached hydrogen (secondary N) is 1. The number of benzene rings is 1. The van der Waals surface area contributed by atoms with E-state index in [9.17, 15) is 4.79 Å². The molecule has 2 heterocycles. The molecule has 1 unspecified atom stereocenters. The summed E-state index contributed by atoms with van der Waals surface area (Å²) in [5.41, 5.74) is 0.755. The van der Waals surface area contributed by atoms with Crippen molar-refractivity contribution in [2.24, 2.45) is 0 Å². The van der Waals surface area contributed by atoms with Gasteiger partial charge in [-0.2, -0.15) is 0 Å². The number of carbonyl (C=O) groups is 1. The molecule has 0 spiro atoms. The molecule has 3 rings (SSSR count). The first-order valence-corrected chi connectivity index (χ1v) is 9.71. The highest BCUT2D eigenvalue weighted by Crippen LogP contribution is 2.28. The second-order valence-corrected chi connectivity index (χ2v) is 7.80. The van der Waals surface area contributed by atoms with Crippen LogP contribution in [-0.4, -0.2) is 66.8 Å². The van der Waals surface area contributed by atoms with Gasteiger partial charge in [-0.05, 0) is 30.4 Å². The Morgan fingerprint density at radius 2 is 2.08 bits per heavy atom. The molecule has 1 N–H and O–H groups in total. The van der Waals surface area contributed by atoms with Gasteiger partial charge < -0.3 is 10.2 Å². The normalized spacial score (nSPS) is 21.6. The van der Waals surface area contributed by atoms with E-state index in [1.54, 1.807) is 11.8 Å². The predicted octanol–water partition coefficient (Wildman–Crippen LogP) is 2.99. The van der Waals surface area contributed by atoms with Gasteiger partial charge in [0.2, 0.25) is 0 Å². The van der Waals surface area contributed by atoms with Crippen molar-refractivity contribution in [2.75, 3.05) is 45.0 Å². The average molecular weight is 390 g/mol. The lowest BCUT2D eigenvalue weighted by molar-refractivity contribution is 0.0770. The van der Waals surface area contributed by atoms with Crippen LogP contribution in [-0.2, 0) is 0 Å². The Morgan fingerprint density at radius 1 is 1.33 bits per heavy atom. The largest absolute Gasteiger partial charge is 0.337 e. The monoisotopic (exact) mass is 389 g/mol. The number of likely N-dealkylation sites (tertiary alicyclic amines) is 1. The molecule has 0 aromatic heterocycles. The fourth-order valence-corrected chi connectivity index (χ4v) is 4.34. The van der Waals surface area contributed by atoms with Gasteiger partial charge in [0.05, 0.1) is 5.56 Å². The summed E-state index contributed by atoms with van der Waals surface area (Å²) < 4.78 is 0. The molecule has 7 heteroatoms. The van der Waals surface area contributed by atoms with Crippen LogP contribution in [0.1, 0.15) is 23.7 Å². The van der Waals surface area contributed by atoms with Crippen LogP contribution in [0.4, 0.5) is 0 Å². The molecule has 2 fully saturated rings. The van der Waals surface area contributed by atoms with Gasteiger partial charge in [0, 0.05) is 55.2 Å². The van der Waals surface area contributed by atoms with Crippen molar-refractivity contribution in [3.8, 4) is 0 Å². The van der Waals surface area contributed by atoms with E-state index in [0.29, 0.717) is 11.1 Å². The summed E-state index contributed by atoms with van der Waals surface area (Å²) in [5, 5.41) is 4.02. The summed E-state index contributed by atoms with van der Waals surface area (Å²) >= 11 is 7.82. The zero-order valence-electron chi connectivity index (χ0n) is 14.0. The maximum atomic E-state index is 12.9. The highest BCUT2D eigenvalue weighted by molar-refractivity contribution is 7.99. The van der Waals surface area contributed by atoms with Crippen molar-refractivity contribution in [1.82, 2.24) is 15.1 Å². The van der Waals surface area contributed by atoms with Crippen LogP contribution in [0, 0.1) is 0 Å². The van der Waals surface area contributed by atoms with Crippen LogP contribution < -0.4 is 5.32 Å². The highest BCUT2D eigenvalue weighted by atomic mass is 35.5. The van der Waals surface area contributed by atoms with Gasteiger partial charge in [0.15, 0.2) is 0 Å². The van der Waals surface area contributed by atoms with Gasteiger partial charge in [-0.15, -0.1) is 24.2 Å². The summed E-state index contributed by atoms with van der Waals surface area (Å²) in [4.78, 5) is 18.5. The first-order valence-electron chi connectivity index (χ1n) is 8.35. The number of halogens is 2. The van der Waals surface area contributed by atoms with Gasteiger partial charge in [-0.25, -0.2) is 0 Å². The minimum absolute atomic E-state index is 0. The molecule has 134 valence electrons. The van der Waals surface area contributed by atoms with E-state index >= 15 is 0 Å². The van der Waals surface area contributed by atoms with Crippen LogP contribution in [0.2, 0.25) is 5.02 Å². The summed E-state index contributed by atoms with van der Waals surface area (Å²) in [5.74, 6) is 1.08. The molecule has 2 saturated heterocycles. The smallest absolute Gasteiger partial charge is 0.255 e. The molecular weight excluding hydrogens is 365 g/mol. The SMILES string of the molecule is CCSc1ccc(Cl)cc1C(=O)N1CCC(N2CCNCC2)C1.Cl. The first-order chi connectivity index (χ1) is 11.2. The fourth-order valence-electron chi connectivity index (χ4n) is 3.39. The molecule has 2 aliphatic rings. The topological polar surface area (TPSA) is 35.6 Å². The Morgan fingerprint density at radius 3 is 2.79 bits per heavy atom. The molecule has 0 saturated carbocycles. The number of piperazine rings is 1. The quantitative estimate of drug-likeness (QED) is 0.802. The lowest BCUT2D eigenvalue weighted by atomic mass is 10.2. The van der Waals surface area contributed by atoms with E-state index in [1.807, 2.05) is 23.1 Å². The van der Waals surface area contributed by atoms with E-state index < -0.39 is 0 Å². The fraction of sp³-hybridized carbons (Fsp3) is 0.588. The standard InChI is InChI=1S/C17H24ClN3OS.ClH/c1-2-23-16-4-3-13(18)11-15(16)17(22)21-8-5-14(12-21)20-9-6-19-7-10-20;/h3-4,11,14,19H,2,5-10,12H2,1H3;1H. The number of carbonyl (C=O) groups excluding carboxylic acids is 1. The van der Waals surface area contributed by atoms with Crippen molar-refractivity contribution in [1.29, 1.82) is 0 Å². The van der Waals surface area contributed by atoms with Crippen molar-refractivity contribution < 1.29 is 4.79 Å². The molecule has 2 aliphatic heterocycles. The molecular formula is C17H25Cl2N3OS. The third-order valence-corrected chi connectivity index (χ3v) is 5.78. The Hall–Kier alpha value is -0.460. The summed E-state index contributed by atoms with van der Waals surface area (Å²) in [7, 11) is 0. The van der Waals surface area contributed by atoms with E-state index in [0.717, 1.165) is 61.9 Å². The first kappa shape index (κ1) is 19.9. The molecule has 1 aromatic carbocycles. The molecule has 0 aliphatic carbocycles. The Bertz CT molecular complexity index is 567. The summed E-state index contributed by atoms with van der Waals surface area (Å²) in [6.07, 6.45) is 1.07. The molecule has 24 heavy (non-hydrogen) atoms. The van der Waals surface area contributed by atoms with Crippen LogP contribution in [0.15, 0.2) is 23.1 Å². The van der Waals surface area contributed by atoms with E-state index in [1.165, 1.54) is 0 Å². The molecule has 1 amide bonds. The van der Waals surface area contributed by atoms with Gasteiger partial charge in [0.25, 0.3) is 5.91 Å². The van der Waals surface area contributed by atoms with Crippen LogP contribution >= 0.6 is 35.8 Å². The summed E-state index contributed by atoms with van der Waals surface area (Å²) in [6, 6.07) is 6.15. The average Bonchev–Trinajstić information content (AvgIpc) is 3.07. The maximum absolute atomic E-state index is 12.9. The summed E-state index contributed by atoms with van der Waals surface area (Å²) in [6.45, 7) is 8.05. The highest BCUT2D eigenvalue weighted by Gasteiger charge is 2.32. The van der Waals surface area contributed by atoms with Gasteiger partial charge in [-0.1, -0.05) is 18.5 Å². The molecule has 1 aromatic rings. The van der Waals surface area contributed by atoms with Crippen molar-refractivity contribution in [2.45, 2.75) is 24.3 Å². The van der Waals surface area contributed by atoms with Crippen molar-refractivity contribution in [3.63, 3.8) is 0 Å². The van der Waals surface area contributed by atoms with Gasteiger partial charge >= 0.3 is 0 Å². The van der Waals surface area contributed by atoms with Crippen LogP contribution in [0.5, 0.6) is 0 Å². The van der Waals surface area contributed by atoms with Crippen molar-refractivity contribution >= 4 is 41.7 Å². The van der Waals surface area contributed by atoms with Crippen molar-refractivity contribution in [3.05, 3.63) is 28.8 Å². The lowest BCUT2D eigenvalue weighted by Gasteiger charge is -2.32. The third kappa shape index (κ3) is 4.58. The van der Waals surface area contributed by atoms with E-state index in [2.05, 4.69) is 17.1 Å². The predicted molar refractivity (Wildman–Crippen MR) is 104 cm³/mol. The molecule has 0 bridgehead atoms. The lowest BCUT2D eigenvalue weighted by Crippen LogP contribution is -2.49. The second-order valence-electron chi connectivity index (χ2n) is 6.05. The Kier molecular flexibility index (Phi) is 7.69. The minimum Gasteiger partial charge on any atom is -0.337 e. The van der Waals surface area contributed by atoms with Gasteiger partial charge in [-0.3, -0.25) is 9.69 Å². The van der Waals surface area contributed by atoms with E-state index in [-0.39, 0.29) is 18.3 Å². The number of hydrogen-bond acceptors (Lipinski definition) is 4. The number of thioether (sulfide) groups is 1. The zero-order chi connectivity index (χ0) is 16.2. The number of nitrogens with zero attached hydrogens (tertiary/aromatic N) is 2. The minimum atomic E-state index is 0. The molecule has 1 atom stereocenters. The van der Waals surface area contributed by atoms with Crippen LogP contribution in [0.3, 0.4) is 0 Å². The van der Waals surface area contributed by atoms with Gasteiger partial charge in [0.1, 0.15) is 0 Å². The zero-order valence-corrected chi connectivity index (χ0v) is 16.4. The number of hydrogen-bond donors (Lipinski definition) is 1. The third-order valence-electron chi connectivity index (χ3n) is 4.59. The second kappa shape index (κ2) is 9.30. The Balaban J connectivity index is 0.00000208. The maximum Gasteiger partial charge on any atom is 0.255 e. The number of rotatable bonds is 4.